The molecule has 0 radical (unpaired) electrons. The molecular formula is C18H30O2. The van der Waals surface area contributed by atoms with Crippen molar-refractivity contribution >= 4 is 5.78 Å². The molecule has 0 fully saturated rings. The van der Waals surface area contributed by atoms with Crippen molar-refractivity contribution in [2.45, 2.75) is 84.5 Å². The first-order chi connectivity index (χ1) is 9.75. The third-order valence-corrected chi connectivity index (χ3v) is 3.87. The quantitative estimate of drug-likeness (QED) is 0.342. The predicted molar refractivity (Wildman–Crippen MR) is 84.2 cm³/mol. The summed E-state index contributed by atoms with van der Waals surface area (Å²) in [5.41, 5.74) is 0.960. The van der Waals surface area contributed by atoms with Crippen LogP contribution in [0.3, 0.4) is 0 Å². The highest BCUT2D eigenvalue weighted by molar-refractivity contribution is 5.94. The van der Waals surface area contributed by atoms with Crippen LogP contribution in [-0.2, 0) is 0 Å². The molecule has 0 aliphatic carbocycles. The lowest BCUT2D eigenvalue weighted by Crippen LogP contribution is -1.98. The largest absolute Gasteiger partial charge is 0.461 e. The number of ketones is 1. The highest BCUT2D eigenvalue weighted by atomic mass is 16.3. The molecule has 20 heavy (non-hydrogen) atoms. The van der Waals surface area contributed by atoms with Gasteiger partial charge < -0.3 is 4.42 Å². The zero-order valence-corrected chi connectivity index (χ0v) is 13.2. The summed E-state index contributed by atoms with van der Waals surface area (Å²) >= 11 is 0. The molecule has 0 spiro atoms. The molecule has 1 rings (SSSR count). The molecule has 0 bridgehead atoms. The van der Waals surface area contributed by atoms with Crippen molar-refractivity contribution in [3.63, 3.8) is 0 Å². The predicted octanol–water partition coefficient (Wildman–Crippen LogP) is 6.08. The summed E-state index contributed by atoms with van der Waals surface area (Å²) in [4.78, 5) is 11.9. The topological polar surface area (TPSA) is 30.2 Å². The molecule has 0 aliphatic rings. The minimum atomic E-state index is 0.159. The molecule has 0 amide bonds. The lowest BCUT2D eigenvalue weighted by atomic mass is 10.0. The summed E-state index contributed by atoms with van der Waals surface area (Å²) in [5, 5.41) is 0. The van der Waals surface area contributed by atoms with Gasteiger partial charge in [0.1, 0.15) is 0 Å². The van der Waals surface area contributed by atoms with Crippen molar-refractivity contribution in [1.29, 1.82) is 0 Å². The number of furan rings is 1. The SMILES string of the molecule is CCCCCCCCCCCCC(=O)c1occc1C. The normalized spacial score (nSPS) is 10.9. The maximum Gasteiger partial charge on any atom is 0.198 e. The average Bonchev–Trinajstić information content (AvgIpc) is 2.87. The maximum absolute atomic E-state index is 11.9. The first kappa shape index (κ1) is 17.0. The Morgan fingerprint density at radius 2 is 1.50 bits per heavy atom. The van der Waals surface area contributed by atoms with Crippen LogP contribution in [0.5, 0.6) is 0 Å². The van der Waals surface area contributed by atoms with Crippen LogP contribution in [-0.4, -0.2) is 5.78 Å². The molecule has 0 saturated carbocycles. The van der Waals surface area contributed by atoms with Gasteiger partial charge in [-0.3, -0.25) is 4.79 Å². The molecule has 2 heteroatoms. The zero-order chi connectivity index (χ0) is 14.6. The van der Waals surface area contributed by atoms with Gasteiger partial charge in [-0.15, -0.1) is 0 Å². The van der Waals surface area contributed by atoms with Gasteiger partial charge in [-0.1, -0.05) is 64.7 Å². The van der Waals surface area contributed by atoms with Gasteiger partial charge in [-0.05, 0) is 25.0 Å². The standard InChI is InChI=1S/C18H30O2/c1-3-4-5-6-7-8-9-10-11-12-13-17(19)18-16(2)14-15-20-18/h14-15H,3-13H2,1-2H3. The Hall–Kier alpha value is -1.05. The van der Waals surface area contributed by atoms with Crippen LogP contribution in [0.15, 0.2) is 16.7 Å². The Morgan fingerprint density at radius 3 is 2.00 bits per heavy atom. The minimum absolute atomic E-state index is 0.159. The second-order valence-corrected chi connectivity index (χ2v) is 5.79. The van der Waals surface area contributed by atoms with Gasteiger partial charge in [-0.2, -0.15) is 0 Å². The number of hydrogen-bond donors (Lipinski definition) is 0. The number of hydrogen-bond acceptors (Lipinski definition) is 2. The number of carbonyl (C=O) groups excluding carboxylic acids is 1. The fraction of sp³-hybridized carbons (Fsp3) is 0.722. The Bertz CT molecular complexity index is 365. The third kappa shape index (κ3) is 6.93. The lowest BCUT2D eigenvalue weighted by Gasteiger charge is -2.02. The van der Waals surface area contributed by atoms with Gasteiger partial charge in [0, 0.05) is 6.42 Å². The van der Waals surface area contributed by atoms with Crippen molar-refractivity contribution in [2.24, 2.45) is 0 Å². The molecular weight excluding hydrogens is 248 g/mol. The third-order valence-electron chi connectivity index (χ3n) is 3.87. The van der Waals surface area contributed by atoms with E-state index in [1.807, 2.05) is 13.0 Å². The molecule has 114 valence electrons. The lowest BCUT2D eigenvalue weighted by molar-refractivity contribution is 0.0951. The molecule has 1 heterocycles. The number of carbonyl (C=O) groups is 1. The van der Waals surface area contributed by atoms with E-state index in [-0.39, 0.29) is 5.78 Å². The summed E-state index contributed by atoms with van der Waals surface area (Å²) in [5.74, 6) is 0.716. The van der Waals surface area contributed by atoms with Crippen molar-refractivity contribution in [3.05, 3.63) is 23.7 Å². The molecule has 1 aromatic heterocycles. The summed E-state index contributed by atoms with van der Waals surface area (Å²) in [6.45, 7) is 4.18. The monoisotopic (exact) mass is 278 g/mol. The fourth-order valence-corrected chi connectivity index (χ4v) is 2.54. The number of rotatable bonds is 12. The zero-order valence-electron chi connectivity index (χ0n) is 13.2. The Morgan fingerprint density at radius 1 is 0.950 bits per heavy atom. The van der Waals surface area contributed by atoms with E-state index < -0.39 is 0 Å². The van der Waals surface area contributed by atoms with Crippen LogP contribution in [0.25, 0.3) is 0 Å². The summed E-state index contributed by atoms with van der Waals surface area (Å²) in [6.07, 6.45) is 15.2. The second kappa shape index (κ2) is 10.7. The Kier molecular flexibility index (Phi) is 9.10. The minimum Gasteiger partial charge on any atom is -0.461 e. The van der Waals surface area contributed by atoms with Crippen molar-refractivity contribution in [2.75, 3.05) is 0 Å². The molecule has 0 N–H and O–H groups in total. The van der Waals surface area contributed by atoms with E-state index in [0.29, 0.717) is 12.2 Å². The van der Waals surface area contributed by atoms with Crippen LogP contribution in [0.2, 0.25) is 0 Å². The molecule has 1 aromatic rings. The average molecular weight is 278 g/mol. The van der Waals surface area contributed by atoms with Gasteiger partial charge in [0.2, 0.25) is 0 Å². The molecule has 0 aliphatic heterocycles. The van der Waals surface area contributed by atoms with Gasteiger partial charge in [0.15, 0.2) is 11.5 Å². The van der Waals surface area contributed by atoms with E-state index in [0.717, 1.165) is 12.0 Å². The van der Waals surface area contributed by atoms with Crippen LogP contribution >= 0.6 is 0 Å². The summed E-state index contributed by atoms with van der Waals surface area (Å²) < 4.78 is 5.22. The van der Waals surface area contributed by atoms with Crippen LogP contribution in [0, 0.1) is 6.92 Å². The molecule has 0 unspecified atom stereocenters. The highest BCUT2D eigenvalue weighted by Gasteiger charge is 2.11. The fourth-order valence-electron chi connectivity index (χ4n) is 2.54. The van der Waals surface area contributed by atoms with Crippen LogP contribution in [0.1, 0.15) is 93.7 Å². The van der Waals surface area contributed by atoms with E-state index in [9.17, 15) is 4.79 Å². The van der Waals surface area contributed by atoms with E-state index in [1.54, 1.807) is 6.26 Å². The van der Waals surface area contributed by atoms with Gasteiger partial charge in [-0.25, -0.2) is 0 Å². The van der Waals surface area contributed by atoms with E-state index in [1.165, 1.54) is 57.8 Å². The smallest absolute Gasteiger partial charge is 0.198 e. The molecule has 0 saturated heterocycles. The van der Waals surface area contributed by atoms with Crippen LogP contribution < -0.4 is 0 Å². The van der Waals surface area contributed by atoms with Gasteiger partial charge in [0.25, 0.3) is 0 Å². The first-order valence-electron chi connectivity index (χ1n) is 8.33. The summed E-state index contributed by atoms with van der Waals surface area (Å²) in [6, 6.07) is 1.85. The molecule has 0 aromatic carbocycles. The maximum atomic E-state index is 11.9. The number of Topliss-reactive ketones (excluding diaryl/α,β-unsaturated/α-hetero) is 1. The van der Waals surface area contributed by atoms with E-state index in [4.69, 9.17) is 4.42 Å². The van der Waals surface area contributed by atoms with E-state index >= 15 is 0 Å². The Labute approximate surface area is 123 Å². The number of unbranched alkanes of at least 4 members (excludes halogenated alkanes) is 9. The molecule has 2 nitrogen and oxygen atoms in total. The van der Waals surface area contributed by atoms with Crippen molar-refractivity contribution in [1.82, 2.24) is 0 Å². The second-order valence-electron chi connectivity index (χ2n) is 5.79. The molecule has 0 atom stereocenters. The van der Waals surface area contributed by atoms with Crippen molar-refractivity contribution in [3.8, 4) is 0 Å². The van der Waals surface area contributed by atoms with Gasteiger partial charge in [0.05, 0.1) is 6.26 Å². The Balaban J connectivity index is 1.92. The number of aryl methyl sites for hydroxylation is 1. The summed E-state index contributed by atoms with van der Waals surface area (Å²) in [7, 11) is 0. The van der Waals surface area contributed by atoms with E-state index in [2.05, 4.69) is 6.92 Å². The first-order valence-corrected chi connectivity index (χ1v) is 8.33. The van der Waals surface area contributed by atoms with Crippen LogP contribution in [0.4, 0.5) is 0 Å². The van der Waals surface area contributed by atoms with Crippen molar-refractivity contribution < 1.29 is 9.21 Å². The van der Waals surface area contributed by atoms with Gasteiger partial charge >= 0.3 is 0 Å². The highest BCUT2D eigenvalue weighted by Crippen LogP contribution is 2.15.